The van der Waals surface area contributed by atoms with Gasteiger partial charge in [-0.1, -0.05) is 6.07 Å². The molecule has 1 aliphatic rings. The summed E-state index contributed by atoms with van der Waals surface area (Å²) in [5.41, 5.74) is 2.55. The van der Waals surface area contributed by atoms with Gasteiger partial charge in [0, 0.05) is 11.6 Å². The Bertz CT molecular complexity index is 512. The zero-order valence-electron chi connectivity index (χ0n) is 10.1. The van der Waals surface area contributed by atoms with E-state index < -0.39 is 0 Å². The fourth-order valence-electron chi connectivity index (χ4n) is 2.74. The maximum absolute atomic E-state index is 5.37. The number of H-pyrrole nitrogens is 1. The highest BCUT2D eigenvalue weighted by Crippen LogP contribution is 2.29. The van der Waals surface area contributed by atoms with Crippen molar-refractivity contribution in [3.63, 3.8) is 0 Å². The molecule has 2 aromatic rings. The molecule has 2 heterocycles. The smallest absolute Gasteiger partial charge is 0.142 e. The van der Waals surface area contributed by atoms with Gasteiger partial charge in [-0.2, -0.15) is 0 Å². The van der Waals surface area contributed by atoms with Crippen molar-refractivity contribution in [2.24, 2.45) is 5.92 Å². The largest absolute Gasteiger partial charge is 0.495 e. The molecule has 3 rings (SSSR count). The van der Waals surface area contributed by atoms with E-state index in [2.05, 4.69) is 28.5 Å². The molecular weight excluding hydrogens is 212 g/mol. The molecule has 1 fully saturated rings. The monoisotopic (exact) mass is 230 g/mol. The molecule has 1 saturated heterocycles. The molecule has 90 valence electrons. The fraction of sp³-hybridized carbons (Fsp3) is 0.429. The van der Waals surface area contributed by atoms with Crippen LogP contribution in [-0.2, 0) is 6.42 Å². The van der Waals surface area contributed by atoms with Crippen LogP contribution < -0.4 is 10.1 Å². The van der Waals surface area contributed by atoms with Crippen molar-refractivity contribution >= 4 is 10.9 Å². The Morgan fingerprint density at radius 1 is 1.35 bits per heavy atom. The molecule has 1 unspecified atom stereocenters. The predicted octanol–water partition coefficient (Wildman–Crippen LogP) is 2.33. The zero-order chi connectivity index (χ0) is 11.7. The molecule has 2 N–H and O–H groups in total. The highest BCUT2D eigenvalue weighted by Gasteiger charge is 2.17. The average Bonchev–Trinajstić information content (AvgIpc) is 2.99. The van der Waals surface area contributed by atoms with E-state index in [1.54, 1.807) is 7.11 Å². The standard InChI is InChI=1S/C14H18N2O/c1-17-13-3-2-11(8-10-4-6-15-9-10)12-5-7-16-14(12)13/h2-3,5,7,10,15-16H,4,6,8-9H2,1H3. The van der Waals surface area contributed by atoms with Gasteiger partial charge in [-0.25, -0.2) is 0 Å². The van der Waals surface area contributed by atoms with Crippen molar-refractivity contribution < 1.29 is 4.74 Å². The van der Waals surface area contributed by atoms with Crippen LogP contribution in [0.5, 0.6) is 5.75 Å². The average molecular weight is 230 g/mol. The van der Waals surface area contributed by atoms with Crippen LogP contribution in [0.3, 0.4) is 0 Å². The van der Waals surface area contributed by atoms with E-state index in [-0.39, 0.29) is 0 Å². The summed E-state index contributed by atoms with van der Waals surface area (Å²) in [4.78, 5) is 3.26. The van der Waals surface area contributed by atoms with Gasteiger partial charge in [0.05, 0.1) is 12.6 Å². The van der Waals surface area contributed by atoms with Crippen LogP contribution >= 0.6 is 0 Å². The molecule has 3 heteroatoms. The molecule has 0 amide bonds. The molecule has 1 aromatic heterocycles. The van der Waals surface area contributed by atoms with Gasteiger partial charge in [0.1, 0.15) is 5.75 Å². The van der Waals surface area contributed by atoms with Crippen molar-refractivity contribution in [3.8, 4) is 5.75 Å². The van der Waals surface area contributed by atoms with E-state index in [0.29, 0.717) is 0 Å². The predicted molar refractivity (Wildman–Crippen MR) is 69.5 cm³/mol. The molecule has 0 spiro atoms. The summed E-state index contributed by atoms with van der Waals surface area (Å²) in [5.74, 6) is 1.71. The van der Waals surface area contributed by atoms with Gasteiger partial charge in [-0.3, -0.25) is 0 Å². The number of rotatable bonds is 3. The number of fused-ring (bicyclic) bond motifs is 1. The highest BCUT2D eigenvalue weighted by molar-refractivity contribution is 5.88. The summed E-state index contributed by atoms with van der Waals surface area (Å²) in [6.45, 7) is 2.31. The number of benzene rings is 1. The first-order valence-electron chi connectivity index (χ1n) is 6.22. The van der Waals surface area contributed by atoms with Gasteiger partial charge in [0.15, 0.2) is 0 Å². The van der Waals surface area contributed by atoms with Crippen molar-refractivity contribution in [3.05, 3.63) is 30.0 Å². The van der Waals surface area contributed by atoms with E-state index in [4.69, 9.17) is 4.74 Å². The van der Waals surface area contributed by atoms with E-state index in [1.165, 1.54) is 17.4 Å². The lowest BCUT2D eigenvalue weighted by atomic mass is 9.96. The molecule has 1 aromatic carbocycles. The van der Waals surface area contributed by atoms with Gasteiger partial charge in [-0.15, -0.1) is 0 Å². The van der Waals surface area contributed by atoms with Crippen LogP contribution in [-0.4, -0.2) is 25.2 Å². The minimum absolute atomic E-state index is 0.779. The summed E-state index contributed by atoms with van der Waals surface area (Å²) < 4.78 is 5.37. The maximum atomic E-state index is 5.37. The van der Waals surface area contributed by atoms with Crippen molar-refractivity contribution in [1.29, 1.82) is 0 Å². The third-order valence-corrected chi connectivity index (χ3v) is 3.67. The second-order valence-corrected chi connectivity index (χ2v) is 4.76. The number of hydrogen-bond donors (Lipinski definition) is 2. The number of hydrogen-bond acceptors (Lipinski definition) is 2. The molecule has 3 nitrogen and oxygen atoms in total. The van der Waals surface area contributed by atoms with E-state index in [9.17, 15) is 0 Å². The van der Waals surface area contributed by atoms with Gasteiger partial charge >= 0.3 is 0 Å². The lowest BCUT2D eigenvalue weighted by molar-refractivity contribution is 0.419. The maximum Gasteiger partial charge on any atom is 0.142 e. The van der Waals surface area contributed by atoms with Crippen LogP contribution in [0, 0.1) is 5.92 Å². The lowest BCUT2D eigenvalue weighted by Crippen LogP contribution is -2.10. The summed E-state index contributed by atoms with van der Waals surface area (Å²) in [7, 11) is 1.72. The molecule has 0 aliphatic carbocycles. The fourth-order valence-corrected chi connectivity index (χ4v) is 2.74. The summed E-state index contributed by atoms with van der Waals surface area (Å²) in [6.07, 6.45) is 4.44. The van der Waals surface area contributed by atoms with Crippen molar-refractivity contribution in [2.45, 2.75) is 12.8 Å². The van der Waals surface area contributed by atoms with E-state index in [1.807, 2.05) is 6.20 Å². The Labute approximate surface area is 101 Å². The SMILES string of the molecule is COc1ccc(CC2CCNC2)c2cc[nH]c12. The van der Waals surface area contributed by atoms with Crippen molar-refractivity contribution in [1.82, 2.24) is 10.3 Å². The second kappa shape index (κ2) is 4.41. The Morgan fingerprint density at radius 3 is 3.06 bits per heavy atom. The topological polar surface area (TPSA) is 37.0 Å². The minimum atomic E-state index is 0.779. The summed E-state index contributed by atoms with van der Waals surface area (Å²) >= 11 is 0. The summed E-state index contributed by atoms with van der Waals surface area (Å²) in [5, 5.41) is 4.73. The zero-order valence-corrected chi connectivity index (χ0v) is 10.1. The van der Waals surface area contributed by atoms with Crippen LogP contribution in [0.1, 0.15) is 12.0 Å². The molecule has 0 bridgehead atoms. The number of ether oxygens (including phenoxy) is 1. The van der Waals surface area contributed by atoms with Gasteiger partial charge in [0.25, 0.3) is 0 Å². The van der Waals surface area contributed by atoms with Crippen LogP contribution in [0.15, 0.2) is 24.4 Å². The second-order valence-electron chi connectivity index (χ2n) is 4.76. The van der Waals surface area contributed by atoms with Crippen LogP contribution in [0.25, 0.3) is 10.9 Å². The Hall–Kier alpha value is -1.48. The first-order valence-corrected chi connectivity index (χ1v) is 6.22. The quantitative estimate of drug-likeness (QED) is 0.849. The minimum Gasteiger partial charge on any atom is -0.495 e. The molecule has 1 atom stereocenters. The lowest BCUT2D eigenvalue weighted by Gasteiger charge is -2.11. The third-order valence-electron chi connectivity index (χ3n) is 3.67. The molecule has 1 aliphatic heterocycles. The number of nitrogens with one attached hydrogen (secondary N) is 2. The van der Waals surface area contributed by atoms with Gasteiger partial charge in [-0.05, 0) is 49.5 Å². The first-order chi connectivity index (χ1) is 8.38. The van der Waals surface area contributed by atoms with Crippen molar-refractivity contribution in [2.75, 3.05) is 20.2 Å². The first kappa shape index (κ1) is 10.7. The Morgan fingerprint density at radius 2 is 2.29 bits per heavy atom. The van der Waals surface area contributed by atoms with Crippen LogP contribution in [0.4, 0.5) is 0 Å². The van der Waals surface area contributed by atoms with Gasteiger partial charge in [0.2, 0.25) is 0 Å². The normalized spacial score (nSPS) is 19.9. The van der Waals surface area contributed by atoms with Gasteiger partial charge < -0.3 is 15.0 Å². The third kappa shape index (κ3) is 1.91. The van der Waals surface area contributed by atoms with Crippen LogP contribution in [0.2, 0.25) is 0 Å². The highest BCUT2D eigenvalue weighted by atomic mass is 16.5. The van der Waals surface area contributed by atoms with E-state index >= 15 is 0 Å². The van der Waals surface area contributed by atoms with E-state index in [0.717, 1.165) is 36.7 Å². The Kier molecular flexibility index (Phi) is 2.77. The summed E-state index contributed by atoms with van der Waals surface area (Å²) in [6, 6.07) is 6.42. The molecular formula is C14H18N2O. The molecule has 17 heavy (non-hydrogen) atoms. The number of aromatic nitrogens is 1. The Balaban J connectivity index is 1.96. The molecule has 0 radical (unpaired) electrons. The number of methoxy groups -OCH3 is 1. The number of aromatic amines is 1. The molecule has 0 saturated carbocycles.